The summed E-state index contributed by atoms with van der Waals surface area (Å²) in [5.41, 5.74) is 0. The van der Waals surface area contributed by atoms with E-state index in [0.29, 0.717) is 5.92 Å². The van der Waals surface area contributed by atoms with Crippen LogP contribution in [0, 0.1) is 5.92 Å². The van der Waals surface area contributed by atoms with Crippen LogP contribution in [0.25, 0.3) is 0 Å². The molecule has 0 aliphatic heterocycles. The maximum atomic E-state index is 5.50. The normalized spacial score (nSPS) is 9.54. The Morgan fingerprint density at radius 2 is 1.77 bits per heavy atom. The van der Waals surface area contributed by atoms with Crippen LogP contribution in [0.3, 0.4) is 0 Å². The van der Waals surface area contributed by atoms with Crippen LogP contribution in [-0.4, -0.2) is 6.61 Å². The molecule has 3 heteroatoms. The molecule has 0 heterocycles. The summed E-state index contributed by atoms with van der Waals surface area (Å²) in [6.45, 7) is 5.05. The van der Waals surface area contributed by atoms with Gasteiger partial charge in [-0.25, -0.2) is 5.30 Å². The molecule has 0 saturated heterocycles. The summed E-state index contributed by atoms with van der Waals surface area (Å²) < 4.78 is 5.50. The van der Waals surface area contributed by atoms with Crippen LogP contribution >= 0.6 is 9.24 Å². The van der Waals surface area contributed by atoms with Crippen molar-refractivity contribution in [1.82, 2.24) is 0 Å². The molecule has 0 saturated carbocycles. The summed E-state index contributed by atoms with van der Waals surface area (Å²) in [4.78, 5) is 0. The van der Waals surface area contributed by atoms with E-state index in [1.165, 1.54) is 0 Å². The van der Waals surface area contributed by atoms with Gasteiger partial charge in [0, 0.05) is 0 Å². The molecule has 0 fully saturated rings. The second kappa shape index (κ2) is 6.49. The molecule has 0 atom stereocenters. The minimum Gasteiger partial charge on any atom is -0.525 e. The second-order valence-corrected chi connectivity index (χ2v) is 3.81. The average molecular weight is 188 g/mol. The van der Waals surface area contributed by atoms with Crippen LogP contribution < -0.4 is 28.9 Å². The van der Waals surface area contributed by atoms with E-state index in [1.807, 2.05) is 24.3 Å². The molecular weight excluding hydrogens is 174 g/mol. The van der Waals surface area contributed by atoms with E-state index in [2.05, 4.69) is 23.1 Å². The molecule has 0 bridgehead atoms. The number of benzene rings is 1. The molecule has 13 heavy (non-hydrogen) atoms. The Morgan fingerprint density at radius 1 is 1.23 bits per heavy atom. The topological polar surface area (TPSA) is 9.23 Å². The van der Waals surface area contributed by atoms with Crippen molar-refractivity contribution in [3.8, 4) is 5.75 Å². The SMILES string of the molecule is CC(C)COc1ccc([PH-])cc1.[Li+]. The van der Waals surface area contributed by atoms with Crippen LogP contribution in [0.2, 0.25) is 0 Å². The minimum atomic E-state index is 0. The molecule has 1 aromatic carbocycles. The Bertz CT molecular complexity index is 233. The van der Waals surface area contributed by atoms with Crippen molar-refractivity contribution in [3.05, 3.63) is 24.3 Å². The smallest absolute Gasteiger partial charge is 0.525 e. The first-order valence-corrected chi connectivity index (χ1v) is 4.63. The molecule has 0 N–H and O–H groups in total. The fraction of sp³-hybridized carbons (Fsp3) is 0.400. The molecule has 1 nitrogen and oxygen atoms in total. The van der Waals surface area contributed by atoms with Gasteiger partial charge in [-0.3, -0.25) is 0 Å². The molecule has 0 amide bonds. The van der Waals surface area contributed by atoms with Gasteiger partial charge in [0.2, 0.25) is 0 Å². The predicted molar refractivity (Wildman–Crippen MR) is 54.7 cm³/mol. The van der Waals surface area contributed by atoms with Crippen molar-refractivity contribution < 1.29 is 23.6 Å². The second-order valence-electron chi connectivity index (χ2n) is 3.23. The number of rotatable bonds is 3. The number of hydrogen-bond donors (Lipinski definition) is 0. The fourth-order valence-corrected chi connectivity index (χ4v) is 0.981. The van der Waals surface area contributed by atoms with Crippen LogP contribution in [0.1, 0.15) is 13.8 Å². The molecule has 0 aliphatic carbocycles. The van der Waals surface area contributed by atoms with Crippen LogP contribution in [0.4, 0.5) is 0 Å². The van der Waals surface area contributed by atoms with Crippen molar-refractivity contribution in [2.75, 3.05) is 6.61 Å². The van der Waals surface area contributed by atoms with Crippen LogP contribution in [0.5, 0.6) is 5.75 Å². The third-order valence-corrected chi connectivity index (χ3v) is 1.77. The number of hydrogen-bond acceptors (Lipinski definition) is 1. The molecule has 0 aromatic heterocycles. The Labute approximate surface area is 94.6 Å². The van der Waals surface area contributed by atoms with Gasteiger partial charge in [-0.2, -0.15) is 0 Å². The van der Waals surface area contributed by atoms with Gasteiger partial charge < -0.3 is 14.0 Å². The van der Waals surface area contributed by atoms with E-state index in [-0.39, 0.29) is 18.9 Å². The Morgan fingerprint density at radius 3 is 2.23 bits per heavy atom. The zero-order valence-corrected chi connectivity index (χ0v) is 9.50. The zero-order chi connectivity index (χ0) is 8.97. The molecular formula is C10H14LiOP. The largest absolute Gasteiger partial charge is 1.00 e. The molecule has 0 spiro atoms. The fourth-order valence-electron chi connectivity index (χ4n) is 0.814. The first kappa shape index (κ1) is 13.0. The van der Waals surface area contributed by atoms with Gasteiger partial charge in [0.25, 0.3) is 0 Å². The van der Waals surface area contributed by atoms with Gasteiger partial charge >= 0.3 is 18.9 Å². The monoisotopic (exact) mass is 188 g/mol. The first-order valence-electron chi connectivity index (χ1n) is 4.13. The quantitative estimate of drug-likeness (QED) is 0.458. The predicted octanol–water partition coefficient (Wildman–Crippen LogP) is -0.507. The van der Waals surface area contributed by atoms with E-state index >= 15 is 0 Å². The van der Waals surface area contributed by atoms with Gasteiger partial charge in [-0.1, -0.05) is 26.0 Å². The van der Waals surface area contributed by atoms with Gasteiger partial charge in [0.1, 0.15) is 5.75 Å². The summed E-state index contributed by atoms with van der Waals surface area (Å²) in [5, 5.41) is 1.08. The Balaban J connectivity index is 0.00000144. The summed E-state index contributed by atoms with van der Waals surface area (Å²) >= 11 is 0. The maximum Gasteiger partial charge on any atom is 1.00 e. The van der Waals surface area contributed by atoms with Gasteiger partial charge in [0.05, 0.1) is 6.61 Å². The van der Waals surface area contributed by atoms with E-state index in [1.54, 1.807) is 0 Å². The van der Waals surface area contributed by atoms with E-state index < -0.39 is 0 Å². The summed E-state index contributed by atoms with van der Waals surface area (Å²) in [5.74, 6) is 1.51. The molecule has 0 radical (unpaired) electrons. The maximum absolute atomic E-state index is 5.50. The third kappa shape index (κ3) is 5.37. The van der Waals surface area contributed by atoms with E-state index in [9.17, 15) is 0 Å². The Kier molecular flexibility index (Phi) is 6.52. The molecule has 1 aromatic rings. The molecule has 66 valence electrons. The molecule has 0 unspecified atom stereocenters. The van der Waals surface area contributed by atoms with Crippen LogP contribution in [0.15, 0.2) is 24.3 Å². The molecule has 0 aliphatic rings. The van der Waals surface area contributed by atoms with Gasteiger partial charge in [0.15, 0.2) is 0 Å². The standard InChI is InChI=1S/C10H14OP.Li/c1-8(2)7-11-9-3-5-10(12)6-4-9;/h3-6,8,12H,7H2,1-2H3;/q-1;+1. The first-order chi connectivity index (χ1) is 5.68. The van der Waals surface area contributed by atoms with E-state index in [4.69, 9.17) is 4.74 Å². The Hall–Kier alpha value is 0.0474. The third-order valence-electron chi connectivity index (χ3n) is 1.44. The van der Waals surface area contributed by atoms with Crippen molar-refractivity contribution >= 4 is 14.5 Å². The minimum absolute atomic E-state index is 0. The van der Waals surface area contributed by atoms with Gasteiger partial charge in [-0.05, 0) is 18.1 Å². The van der Waals surface area contributed by atoms with Gasteiger partial charge in [-0.15, -0.1) is 0 Å². The van der Waals surface area contributed by atoms with Crippen LogP contribution in [-0.2, 0) is 0 Å². The van der Waals surface area contributed by atoms with Crippen molar-refractivity contribution in [2.45, 2.75) is 13.8 Å². The summed E-state index contributed by atoms with van der Waals surface area (Å²) in [6, 6.07) is 7.88. The van der Waals surface area contributed by atoms with Crippen molar-refractivity contribution in [2.24, 2.45) is 5.92 Å². The van der Waals surface area contributed by atoms with E-state index in [0.717, 1.165) is 17.7 Å². The summed E-state index contributed by atoms with van der Waals surface area (Å²) in [6.07, 6.45) is 0. The van der Waals surface area contributed by atoms with Crippen molar-refractivity contribution in [3.63, 3.8) is 0 Å². The molecule has 1 rings (SSSR count). The van der Waals surface area contributed by atoms with Crippen molar-refractivity contribution in [1.29, 1.82) is 0 Å². The average Bonchev–Trinajstić information content (AvgIpc) is 2.03. The number of ether oxygens (including phenoxy) is 1. The zero-order valence-electron chi connectivity index (χ0n) is 8.50. The summed E-state index contributed by atoms with van der Waals surface area (Å²) in [7, 11) is 3.42.